The van der Waals surface area contributed by atoms with E-state index in [4.69, 9.17) is 0 Å². The van der Waals surface area contributed by atoms with Gasteiger partial charge >= 0.3 is 0 Å². The summed E-state index contributed by atoms with van der Waals surface area (Å²) in [6.07, 6.45) is 13.7. The number of fused-ring (bicyclic) bond motifs is 2. The SMILES string of the molecule is C1=CC(C(=Cc2ccc(-c3c4ccccc4c(-c4ccc(C=C(c5ccccc5)c5ccccc5)cc4)c4ccccc34)cc2)c2ccccc2)=CCC1.[HH].[HH]. The molecule has 9 rings (SSSR count). The minimum atomic E-state index is 0. The van der Waals surface area contributed by atoms with Crippen LogP contribution < -0.4 is 0 Å². The van der Waals surface area contributed by atoms with Gasteiger partial charge in [-0.25, -0.2) is 0 Å². The molecule has 0 bridgehead atoms. The summed E-state index contributed by atoms with van der Waals surface area (Å²) in [6.45, 7) is 0. The van der Waals surface area contributed by atoms with Gasteiger partial charge < -0.3 is 0 Å². The molecule has 1 aliphatic carbocycles. The number of rotatable bonds is 8. The highest BCUT2D eigenvalue weighted by Gasteiger charge is 2.17. The van der Waals surface area contributed by atoms with Crippen LogP contribution in [0.25, 0.3) is 67.1 Å². The summed E-state index contributed by atoms with van der Waals surface area (Å²) < 4.78 is 0. The summed E-state index contributed by atoms with van der Waals surface area (Å²) in [5, 5.41) is 5.04. The van der Waals surface area contributed by atoms with Crippen LogP contribution in [0.5, 0.6) is 0 Å². The van der Waals surface area contributed by atoms with Crippen LogP contribution in [0.4, 0.5) is 0 Å². The lowest BCUT2D eigenvalue weighted by Gasteiger charge is -2.18. The minimum absolute atomic E-state index is 0. The predicted octanol–water partition coefficient (Wildman–Crippen LogP) is 15.2. The fraction of sp³-hybridized carbons (Fsp3) is 0.0370. The molecular weight excluding hydrogens is 649 g/mol. The first-order valence-corrected chi connectivity index (χ1v) is 18.9. The maximum absolute atomic E-state index is 2.37. The molecular formula is C54H44. The molecule has 0 radical (unpaired) electrons. The molecule has 0 saturated heterocycles. The molecule has 260 valence electrons. The van der Waals surface area contributed by atoms with Gasteiger partial charge in [0.05, 0.1) is 0 Å². The number of benzene rings is 8. The van der Waals surface area contributed by atoms with Crippen molar-refractivity contribution in [1.82, 2.24) is 0 Å². The summed E-state index contributed by atoms with van der Waals surface area (Å²) >= 11 is 0. The Morgan fingerprint density at radius 3 is 1.13 bits per heavy atom. The standard InChI is InChI=1S/C54H40.2H2/c1-5-17-41(18-6-1)51(42-19-7-2-8-20-42)37-39-29-33-45(34-30-39)53-47-25-13-15-27-49(47)54(50-28-16-14-26-48(50)53)46-35-31-40(32-36-46)38-52(43-21-9-3-10-22-43)44-23-11-4-12-24-44;;/h1-3,5-11,13-38H,4,12H2;2*1H. The van der Waals surface area contributed by atoms with E-state index < -0.39 is 0 Å². The number of allylic oxidation sites excluding steroid dienone is 5. The van der Waals surface area contributed by atoms with Crippen molar-refractivity contribution in [3.63, 3.8) is 0 Å². The Kier molecular flexibility index (Phi) is 9.24. The first-order chi connectivity index (χ1) is 26.8. The molecule has 0 atom stereocenters. The highest BCUT2D eigenvalue weighted by atomic mass is 14.2. The highest BCUT2D eigenvalue weighted by Crippen LogP contribution is 2.44. The Morgan fingerprint density at radius 1 is 0.370 bits per heavy atom. The van der Waals surface area contributed by atoms with Gasteiger partial charge in [0.2, 0.25) is 0 Å². The van der Waals surface area contributed by atoms with Crippen molar-refractivity contribution in [2.45, 2.75) is 12.8 Å². The van der Waals surface area contributed by atoms with E-state index in [1.807, 2.05) is 0 Å². The fourth-order valence-corrected chi connectivity index (χ4v) is 7.91. The van der Waals surface area contributed by atoms with Gasteiger partial charge in [0.15, 0.2) is 0 Å². The lowest BCUT2D eigenvalue weighted by molar-refractivity contribution is 1.03. The second-order valence-electron chi connectivity index (χ2n) is 13.9. The highest BCUT2D eigenvalue weighted by molar-refractivity contribution is 6.21. The summed E-state index contributed by atoms with van der Waals surface area (Å²) in [4.78, 5) is 0. The minimum Gasteiger partial charge on any atom is -0.0836 e. The Balaban J connectivity index is 0.00000240. The van der Waals surface area contributed by atoms with Crippen molar-refractivity contribution in [3.05, 3.63) is 240 Å². The lowest BCUT2D eigenvalue weighted by Crippen LogP contribution is -1.92. The van der Waals surface area contributed by atoms with Crippen LogP contribution >= 0.6 is 0 Å². The molecule has 54 heavy (non-hydrogen) atoms. The molecule has 0 N–H and O–H groups in total. The Hall–Kier alpha value is -6.76. The molecule has 8 aromatic carbocycles. The van der Waals surface area contributed by atoms with E-state index in [0.29, 0.717) is 0 Å². The molecule has 0 saturated carbocycles. The maximum Gasteiger partial charge on any atom is 0 e. The zero-order valence-electron chi connectivity index (χ0n) is 30.2. The van der Waals surface area contributed by atoms with E-state index in [1.54, 1.807) is 0 Å². The summed E-state index contributed by atoms with van der Waals surface area (Å²) in [5.41, 5.74) is 14.8. The van der Waals surface area contributed by atoms with Crippen molar-refractivity contribution in [3.8, 4) is 22.3 Å². The van der Waals surface area contributed by atoms with Gasteiger partial charge in [-0.3, -0.25) is 0 Å². The normalized spacial score (nSPS) is 12.8. The molecule has 0 aromatic heterocycles. The zero-order valence-corrected chi connectivity index (χ0v) is 30.2. The molecule has 0 nitrogen and oxygen atoms in total. The van der Waals surface area contributed by atoms with Crippen LogP contribution in [0, 0.1) is 0 Å². The Morgan fingerprint density at radius 2 is 0.741 bits per heavy atom. The van der Waals surface area contributed by atoms with Gasteiger partial charge in [0.1, 0.15) is 0 Å². The second kappa shape index (κ2) is 15.1. The molecule has 0 aliphatic heterocycles. The van der Waals surface area contributed by atoms with Gasteiger partial charge in [0.25, 0.3) is 0 Å². The molecule has 0 fully saturated rings. The Labute approximate surface area is 321 Å². The second-order valence-corrected chi connectivity index (χ2v) is 13.9. The fourth-order valence-electron chi connectivity index (χ4n) is 7.91. The third-order valence-corrected chi connectivity index (χ3v) is 10.5. The van der Waals surface area contributed by atoms with Crippen molar-refractivity contribution >= 4 is 44.8 Å². The van der Waals surface area contributed by atoms with Gasteiger partial charge in [-0.05, 0) is 113 Å². The van der Waals surface area contributed by atoms with Crippen LogP contribution in [0.2, 0.25) is 0 Å². The van der Waals surface area contributed by atoms with Crippen LogP contribution in [0.3, 0.4) is 0 Å². The van der Waals surface area contributed by atoms with Crippen molar-refractivity contribution in [1.29, 1.82) is 0 Å². The van der Waals surface area contributed by atoms with E-state index in [9.17, 15) is 0 Å². The summed E-state index contributed by atoms with van der Waals surface area (Å²) in [7, 11) is 0. The Bertz CT molecular complexity index is 2600. The van der Waals surface area contributed by atoms with Crippen molar-refractivity contribution in [2.24, 2.45) is 0 Å². The van der Waals surface area contributed by atoms with E-state index in [1.165, 1.54) is 88.3 Å². The number of hydrogen-bond acceptors (Lipinski definition) is 0. The summed E-state index contributed by atoms with van der Waals surface area (Å²) in [5.74, 6) is 0. The summed E-state index contributed by atoms with van der Waals surface area (Å²) in [6, 6.07) is 68.1. The van der Waals surface area contributed by atoms with Crippen LogP contribution in [-0.4, -0.2) is 0 Å². The molecule has 1 aliphatic rings. The third kappa shape index (κ3) is 6.67. The topological polar surface area (TPSA) is 0 Å². The van der Waals surface area contributed by atoms with E-state index in [2.05, 4.69) is 218 Å². The first kappa shape index (κ1) is 33.1. The zero-order chi connectivity index (χ0) is 36.1. The van der Waals surface area contributed by atoms with E-state index in [0.717, 1.165) is 12.8 Å². The lowest BCUT2D eigenvalue weighted by atomic mass is 9.85. The van der Waals surface area contributed by atoms with Crippen molar-refractivity contribution < 1.29 is 2.85 Å². The van der Waals surface area contributed by atoms with Crippen LogP contribution in [-0.2, 0) is 0 Å². The molecule has 0 heterocycles. The number of hydrogen-bond donors (Lipinski definition) is 0. The largest absolute Gasteiger partial charge is 0.0836 e. The molecule has 0 heteroatoms. The predicted molar refractivity (Wildman–Crippen MR) is 237 cm³/mol. The van der Waals surface area contributed by atoms with Gasteiger partial charge in [-0.15, -0.1) is 0 Å². The smallest absolute Gasteiger partial charge is 0 e. The maximum atomic E-state index is 2.37. The van der Waals surface area contributed by atoms with E-state index >= 15 is 0 Å². The molecule has 0 spiro atoms. The molecule has 0 unspecified atom stereocenters. The van der Waals surface area contributed by atoms with Crippen LogP contribution in [0.1, 0.15) is 43.5 Å². The first-order valence-electron chi connectivity index (χ1n) is 18.9. The monoisotopic (exact) mass is 692 g/mol. The van der Waals surface area contributed by atoms with Crippen molar-refractivity contribution in [2.75, 3.05) is 0 Å². The van der Waals surface area contributed by atoms with E-state index in [-0.39, 0.29) is 2.85 Å². The quantitative estimate of drug-likeness (QED) is 0.110. The average Bonchev–Trinajstić information content (AvgIpc) is 3.25. The van der Waals surface area contributed by atoms with Gasteiger partial charge in [-0.2, -0.15) is 0 Å². The van der Waals surface area contributed by atoms with Gasteiger partial charge in [-0.1, -0.05) is 206 Å². The van der Waals surface area contributed by atoms with Gasteiger partial charge in [0, 0.05) is 2.85 Å². The molecule has 0 amide bonds. The van der Waals surface area contributed by atoms with Crippen LogP contribution in [0.15, 0.2) is 212 Å². The molecule has 8 aromatic rings. The third-order valence-electron chi connectivity index (χ3n) is 10.5. The average molecular weight is 693 g/mol.